The molecule has 0 unspecified atom stereocenters. The van der Waals surface area contributed by atoms with E-state index < -0.39 is 30.0 Å². The van der Waals surface area contributed by atoms with E-state index in [2.05, 4.69) is 30.1 Å². The van der Waals surface area contributed by atoms with Gasteiger partial charge in [0, 0.05) is 5.56 Å². The van der Waals surface area contributed by atoms with Crippen LogP contribution in [0.1, 0.15) is 64.0 Å². The second-order valence-electron chi connectivity index (χ2n) is 7.40. The maximum Gasteiger partial charge on any atom is 0.573 e. The smallest absolute Gasteiger partial charge is 0.476 e. The number of carboxylic acid groups (broad SMARTS) is 1. The lowest BCUT2D eigenvalue weighted by atomic mass is 10.1. The van der Waals surface area contributed by atoms with Crippen molar-refractivity contribution in [2.75, 3.05) is 0 Å². The Morgan fingerprint density at radius 1 is 1.18 bits per heavy atom. The number of benzene rings is 1. The topological polar surface area (TPSA) is 132 Å². The number of amides is 1. The Balaban J connectivity index is 1.55. The van der Waals surface area contributed by atoms with Crippen molar-refractivity contribution < 1.29 is 32.6 Å². The Hall–Kier alpha value is -4.03. The molecule has 0 radical (unpaired) electrons. The van der Waals surface area contributed by atoms with Gasteiger partial charge in [-0.2, -0.15) is 9.78 Å². The molecule has 3 aromatic rings. The number of hydrogen-bond acceptors (Lipinski definition) is 7. The maximum absolute atomic E-state index is 12.8. The van der Waals surface area contributed by atoms with Crippen LogP contribution in [0, 0.1) is 0 Å². The van der Waals surface area contributed by atoms with E-state index in [1.54, 1.807) is 13.0 Å². The van der Waals surface area contributed by atoms with Gasteiger partial charge in [-0.1, -0.05) is 0 Å². The van der Waals surface area contributed by atoms with Gasteiger partial charge >= 0.3 is 12.3 Å². The quantitative estimate of drug-likeness (QED) is 0.548. The molecular formula is C20H17F3N6O4. The summed E-state index contributed by atoms with van der Waals surface area (Å²) in [7, 11) is 0. The number of carbonyl (C=O) groups is 2. The predicted molar refractivity (Wildman–Crippen MR) is 105 cm³/mol. The number of alkyl halides is 3. The third-order valence-corrected chi connectivity index (χ3v) is 4.86. The van der Waals surface area contributed by atoms with Gasteiger partial charge in [-0.3, -0.25) is 4.79 Å². The largest absolute Gasteiger partial charge is 0.573 e. The minimum absolute atomic E-state index is 0.0159. The van der Waals surface area contributed by atoms with E-state index in [-0.39, 0.29) is 28.8 Å². The number of nitrogens with zero attached hydrogens (tertiary/aromatic N) is 5. The lowest BCUT2D eigenvalue weighted by molar-refractivity contribution is -0.274. The first-order chi connectivity index (χ1) is 15.6. The van der Waals surface area contributed by atoms with Gasteiger partial charge in [0.1, 0.15) is 12.1 Å². The summed E-state index contributed by atoms with van der Waals surface area (Å²) in [4.78, 5) is 35.6. The second kappa shape index (κ2) is 8.48. The molecule has 10 nitrogen and oxygen atoms in total. The van der Waals surface area contributed by atoms with Crippen molar-refractivity contribution >= 4 is 11.9 Å². The molecule has 1 atom stereocenters. The number of halogens is 3. The molecule has 1 saturated carbocycles. The summed E-state index contributed by atoms with van der Waals surface area (Å²) in [6.07, 6.45) is 0.244. The van der Waals surface area contributed by atoms with Gasteiger partial charge in [0.2, 0.25) is 0 Å². The van der Waals surface area contributed by atoms with Crippen LogP contribution in [0.4, 0.5) is 13.2 Å². The highest BCUT2D eigenvalue weighted by Crippen LogP contribution is 2.42. The average molecular weight is 462 g/mol. The zero-order valence-electron chi connectivity index (χ0n) is 17.1. The van der Waals surface area contributed by atoms with Gasteiger partial charge in [0.25, 0.3) is 5.91 Å². The summed E-state index contributed by atoms with van der Waals surface area (Å²) in [6.45, 7) is 1.61. The van der Waals surface area contributed by atoms with E-state index >= 15 is 0 Å². The number of nitrogens with one attached hydrogen (secondary N) is 1. The highest BCUT2D eigenvalue weighted by atomic mass is 19.4. The van der Waals surface area contributed by atoms with Crippen LogP contribution in [0.2, 0.25) is 0 Å². The van der Waals surface area contributed by atoms with Gasteiger partial charge in [0.05, 0.1) is 18.4 Å². The van der Waals surface area contributed by atoms with Gasteiger partial charge in [-0.15, -0.1) is 13.2 Å². The van der Waals surface area contributed by atoms with E-state index in [1.165, 1.54) is 23.3 Å². The Morgan fingerprint density at radius 3 is 2.55 bits per heavy atom. The van der Waals surface area contributed by atoms with E-state index in [0.29, 0.717) is 5.56 Å². The van der Waals surface area contributed by atoms with Crippen molar-refractivity contribution in [2.24, 2.45) is 0 Å². The van der Waals surface area contributed by atoms with Gasteiger partial charge < -0.3 is 15.2 Å². The van der Waals surface area contributed by atoms with Crippen LogP contribution in [-0.4, -0.2) is 48.1 Å². The van der Waals surface area contributed by atoms with E-state index in [0.717, 1.165) is 25.1 Å². The SMILES string of the molecule is C[C@H](NC(=O)c1cc(OC(F)(F)F)cc(C2CC2)c1)c1ncnn1-c1cnc(C(=O)O)cn1. The third kappa shape index (κ3) is 5.25. The van der Waals surface area contributed by atoms with E-state index in [1.807, 2.05) is 0 Å². The first-order valence-electron chi connectivity index (χ1n) is 9.78. The Bertz CT molecular complexity index is 1190. The summed E-state index contributed by atoms with van der Waals surface area (Å²) in [5, 5.41) is 15.6. The van der Waals surface area contributed by atoms with Crippen molar-refractivity contribution in [1.82, 2.24) is 30.0 Å². The number of rotatable bonds is 7. The number of aromatic carboxylic acids is 1. The lowest BCUT2D eigenvalue weighted by Gasteiger charge is -2.16. The Kier molecular flexibility index (Phi) is 5.70. The molecular weight excluding hydrogens is 445 g/mol. The van der Waals surface area contributed by atoms with Crippen molar-refractivity contribution in [3.8, 4) is 11.6 Å². The van der Waals surface area contributed by atoms with Gasteiger partial charge in [0.15, 0.2) is 17.3 Å². The molecule has 1 aromatic carbocycles. The molecule has 172 valence electrons. The highest BCUT2D eigenvalue weighted by Gasteiger charge is 2.33. The number of aromatic nitrogens is 5. The van der Waals surface area contributed by atoms with Gasteiger partial charge in [-0.05, 0) is 49.4 Å². The molecule has 1 fully saturated rings. The van der Waals surface area contributed by atoms with E-state index in [9.17, 15) is 22.8 Å². The maximum atomic E-state index is 12.8. The van der Waals surface area contributed by atoms with Crippen molar-refractivity contribution in [3.63, 3.8) is 0 Å². The third-order valence-electron chi connectivity index (χ3n) is 4.86. The van der Waals surface area contributed by atoms with Crippen LogP contribution in [0.5, 0.6) is 5.75 Å². The molecule has 0 bridgehead atoms. The molecule has 0 saturated heterocycles. The fourth-order valence-corrected chi connectivity index (χ4v) is 3.21. The normalized spacial score (nSPS) is 14.5. The predicted octanol–water partition coefficient (Wildman–Crippen LogP) is 3.02. The molecule has 2 aromatic heterocycles. The molecule has 1 aliphatic carbocycles. The van der Waals surface area contributed by atoms with Crippen LogP contribution < -0.4 is 10.1 Å². The number of hydrogen-bond donors (Lipinski definition) is 2. The number of carbonyl (C=O) groups excluding carboxylic acids is 1. The molecule has 2 N–H and O–H groups in total. The van der Waals surface area contributed by atoms with Crippen LogP contribution in [0.3, 0.4) is 0 Å². The van der Waals surface area contributed by atoms with Crippen LogP contribution in [-0.2, 0) is 0 Å². The molecule has 4 rings (SSSR count). The second-order valence-corrected chi connectivity index (χ2v) is 7.40. The monoisotopic (exact) mass is 462 g/mol. The molecule has 1 amide bonds. The average Bonchev–Trinajstić information content (AvgIpc) is 3.48. The van der Waals surface area contributed by atoms with Crippen LogP contribution in [0.15, 0.2) is 36.9 Å². The minimum atomic E-state index is -4.88. The van der Waals surface area contributed by atoms with Crippen molar-refractivity contribution in [3.05, 3.63) is 59.6 Å². The first-order valence-corrected chi connectivity index (χ1v) is 9.78. The van der Waals surface area contributed by atoms with Gasteiger partial charge in [-0.25, -0.2) is 19.7 Å². The Morgan fingerprint density at radius 2 is 1.94 bits per heavy atom. The number of carboxylic acids is 1. The molecule has 33 heavy (non-hydrogen) atoms. The zero-order chi connectivity index (χ0) is 23.8. The number of ether oxygens (including phenoxy) is 1. The first kappa shape index (κ1) is 22.2. The van der Waals surface area contributed by atoms with Crippen LogP contribution in [0.25, 0.3) is 5.82 Å². The minimum Gasteiger partial charge on any atom is -0.476 e. The summed E-state index contributed by atoms with van der Waals surface area (Å²) < 4.78 is 43.4. The zero-order valence-corrected chi connectivity index (χ0v) is 17.1. The highest BCUT2D eigenvalue weighted by molar-refractivity contribution is 5.95. The van der Waals surface area contributed by atoms with Crippen LogP contribution >= 0.6 is 0 Å². The standard InChI is InChI=1S/C20H17F3N6O4/c1-10(17-26-9-27-29(17)16-8-24-15(7-25-16)19(31)32)28-18(30)13-4-12(11-2-3-11)5-14(6-13)33-20(21,22)23/h4-11H,2-3H2,1H3,(H,28,30)(H,31,32)/t10-/m0/s1. The summed E-state index contributed by atoms with van der Waals surface area (Å²) in [5.41, 5.74) is 0.364. The van der Waals surface area contributed by atoms with Crippen molar-refractivity contribution in [2.45, 2.75) is 38.1 Å². The van der Waals surface area contributed by atoms with E-state index in [4.69, 9.17) is 5.11 Å². The molecule has 2 heterocycles. The molecule has 1 aliphatic rings. The van der Waals surface area contributed by atoms with Crippen molar-refractivity contribution in [1.29, 1.82) is 0 Å². The molecule has 13 heteroatoms. The molecule has 0 spiro atoms. The molecule has 0 aliphatic heterocycles. The summed E-state index contributed by atoms with van der Waals surface area (Å²) >= 11 is 0. The fraction of sp³-hybridized carbons (Fsp3) is 0.300. The lowest BCUT2D eigenvalue weighted by Crippen LogP contribution is -2.29. The fourth-order valence-electron chi connectivity index (χ4n) is 3.21. The summed E-state index contributed by atoms with van der Waals surface area (Å²) in [6, 6.07) is 3.14. The summed E-state index contributed by atoms with van der Waals surface area (Å²) in [5.74, 6) is -1.80. The Labute approximate surface area is 184 Å².